The van der Waals surface area contributed by atoms with Gasteiger partial charge in [-0.15, -0.1) is 0 Å². The fourth-order valence-electron chi connectivity index (χ4n) is 2.95. The van der Waals surface area contributed by atoms with Crippen molar-refractivity contribution < 1.29 is 31.5 Å². The van der Waals surface area contributed by atoms with Gasteiger partial charge in [-0.2, -0.15) is 13.5 Å². The third-order valence-electron chi connectivity index (χ3n) is 4.41. The van der Waals surface area contributed by atoms with Gasteiger partial charge in [-0.05, 0) is 41.5 Å². The summed E-state index contributed by atoms with van der Waals surface area (Å²) in [7, 11) is -2.86. The van der Waals surface area contributed by atoms with E-state index in [0.717, 1.165) is 0 Å². The molecule has 0 fully saturated rings. The number of nitrogens with one attached hydrogen (secondary N) is 1. The number of benzene rings is 3. The Hall–Kier alpha value is -3.30. The van der Waals surface area contributed by atoms with E-state index < -0.39 is 28.6 Å². The molecule has 6 nitrogen and oxygen atoms in total. The van der Waals surface area contributed by atoms with Gasteiger partial charge in [-0.25, -0.2) is 13.2 Å². The van der Waals surface area contributed by atoms with E-state index in [0.29, 0.717) is 11.1 Å². The van der Waals surface area contributed by atoms with E-state index in [2.05, 4.69) is 14.2 Å². The first-order chi connectivity index (χ1) is 14.8. The third-order valence-corrected chi connectivity index (χ3v) is 5.83. The molecule has 0 aromatic heterocycles. The number of hydrogen-bond acceptors (Lipinski definition) is 5. The maximum atomic E-state index is 13.1. The molecule has 1 atom stereocenters. The smallest absolute Gasteiger partial charge is 0.387 e. The maximum Gasteiger partial charge on any atom is 0.387 e. The highest BCUT2D eigenvalue weighted by Crippen LogP contribution is 2.27. The molecule has 0 aliphatic heterocycles. The second kappa shape index (κ2) is 9.67. The highest BCUT2D eigenvalue weighted by atomic mass is 32.2. The van der Waals surface area contributed by atoms with Crippen LogP contribution in [-0.4, -0.2) is 28.1 Å². The Labute approximate surface area is 178 Å². The van der Waals surface area contributed by atoms with Crippen LogP contribution in [0.3, 0.4) is 0 Å². The molecule has 3 rings (SSSR count). The molecule has 162 valence electrons. The van der Waals surface area contributed by atoms with Crippen molar-refractivity contribution in [2.24, 2.45) is 0 Å². The molecule has 0 aliphatic rings. The van der Waals surface area contributed by atoms with E-state index in [1.807, 2.05) is 0 Å². The summed E-state index contributed by atoms with van der Waals surface area (Å²) in [5, 5.41) is 0. The monoisotopic (exact) mass is 447 g/mol. The van der Waals surface area contributed by atoms with Gasteiger partial charge in [0.25, 0.3) is 0 Å². The van der Waals surface area contributed by atoms with Crippen LogP contribution in [0.4, 0.5) is 8.78 Å². The van der Waals surface area contributed by atoms with Crippen molar-refractivity contribution in [3.63, 3.8) is 0 Å². The van der Waals surface area contributed by atoms with Crippen LogP contribution in [0.5, 0.6) is 5.75 Å². The van der Waals surface area contributed by atoms with Gasteiger partial charge in [0.2, 0.25) is 10.0 Å². The number of carbonyl (C=O) groups excluding carboxylic acids is 1. The molecule has 0 unspecified atom stereocenters. The van der Waals surface area contributed by atoms with E-state index in [9.17, 15) is 22.0 Å². The molecule has 3 aromatic carbocycles. The van der Waals surface area contributed by atoms with Crippen LogP contribution in [0.2, 0.25) is 0 Å². The van der Waals surface area contributed by atoms with Crippen molar-refractivity contribution in [2.75, 3.05) is 7.11 Å². The van der Waals surface area contributed by atoms with Crippen molar-refractivity contribution in [1.82, 2.24) is 4.72 Å². The summed E-state index contributed by atoms with van der Waals surface area (Å²) in [6.45, 7) is -2.96. The van der Waals surface area contributed by atoms with Crippen LogP contribution in [0, 0.1) is 0 Å². The van der Waals surface area contributed by atoms with Gasteiger partial charge in [0.05, 0.1) is 23.6 Å². The second-order valence-corrected chi connectivity index (χ2v) is 8.15. The minimum atomic E-state index is -4.06. The molecule has 0 amide bonds. The fourth-order valence-corrected chi connectivity index (χ4v) is 4.21. The largest absolute Gasteiger partial charge is 0.465 e. The molecule has 3 aromatic rings. The maximum absolute atomic E-state index is 13.1. The van der Waals surface area contributed by atoms with Gasteiger partial charge in [0.1, 0.15) is 5.75 Å². The third kappa shape index (κ3) is 5.65. The molecular weight excluding hydrogens is 428 g/mol. The fraction of sp³-hybridized carbons (Fsp3) is 0.136. The Morgan fingerprint density at radius 1 is 0.903 bits per heavy atom. The van der Waals surface area contributed by atoms with Crippen LogP contribution in [-0.2, 0) is 14.8 Å². The number of halogens is 2. The molecule has 0 heterocycles. The summed E-state index contributed by atoms with van der Waals surface area (Å²) in [5.74, 6) is -0.703. The van der Waals surface area contributed by atoms with Gasteiger partial charge >= 0.3 is 12.6 Å². The number of methoxy groups -OCH3 is 1. The van der Waals surface area contributed by atoms with E-state index >= 15 is 0 Å². The van der Waals surface area contributed by atoms with Crippen LogP contribution in [0.25, 0.3) is 0 Å². The van der Waals surface area contributed by atoms with Gasteiger partial charge < -0.3 is 9.47 Å². The standard InChI is InChI=1S/C22H19F2NO5S/c1-29-21(26)17-8-5-9-19(14-17)31(27,28)25-20(15-6-3-2-4-7-15)16-10-12-18(13-11-16)30-22(23)24/h2-14,20,22,25H,1H3/t20-/m1/s1. The summed E-state index contributed by atoms with van der Waals surface area (Å²) in [4.78, 5) is 11.6. The van der Waals surface area contributed by atoms with Crippen molar-refractivity contribution in [3.05, 3.63) is 95.6 Å². The van der Waals surface area contributed by atoms with Crippen molar-refractivity contribution in [2.45, 2.75) is 17.5 Å². The number of sulfonamides is 1. The molecule has 0 radical (unpaired) electrons. The highest BCUT2D eigenvalue weighted by molar-refractivity contribution is 7.89. The SMILES string of the molecule is COC(=O)c1cccc(S(=O)(=O)N[C@H](c2ccccc2)c2ccc(OC(F)F)cc2)c1. The predicted octanol–water partition coefficient (Wildman–Crippen LogP) is 4.14. The molecule has 1 N–H and O–H groups in total. The van der Waals surface area contributed by atoms with Crippen molar-refractivity contribution in [1.29, 1.82) is 0 Å². The average molecular weight is 447 g/mol. The molecule has 9 heteroatoms. The lowest BCUT2D eigenvalue weighted by molar-refractivity contribution is -0.0498. The van der Waals surface area contributed by atoms with Crippen molar-refractivity contribution >= 4 is 16.0 Å². The Bertz CT molecular complexity index is 1140. The number of alkyl halides is 2. The number of rotatable bonds is 8. The minimum absolute atomic E-state index is 0.0424. The van der Waals surface area contributed by atoms with Crippen LogP contribution < -0.4 is 9.46 Å². The number of ether oxygens (including phenoxy) is 2. The van der Waals surface area contributed by atoms with Crippen molar-refractivity contribution in [3.8, 4) is 5.75 Å². The lowest BCUT2D eigenvalue weighted by atomic mass is 10.00. The summed E-state index contributed by atoms with van der Waals surface area (Å²) < 4.78 is 62.6. The Morgan fingerprint density at radius 2 is 1.55 bits per heavy atom. The summed E-state index contributed by atoms with van der Waals surface area (Å²) >= 11 is 0. The second-order valence-electron chi connectivity index (χ2n) is 6.43. The molecule has 0 saturated carbocycles. The van der Waals surface area contributed by atoms with E-state index in [1.54, 1.807) is 30.3 Å². The average Bonchev–Trinajstić information content (AvgIpc) is 2.78. The minimum Gasteiger partial charge on any atom is -0.465 e. The number of hydrogen-bond donors (Lipinski definition) is 1. The first-order valence-corrected chi connectivity index (χ1v) is 10.6. The number of carbonyl (C=O) groups is 1. The molecule has 31 heavy (non-hydrogen) atoms. The van der Waals surface area contributed by atoms with Gasteiger partial charge in [-0.3, -0.25) is 0 Å². The number of esters is 1. The predicted molar refractivity (Wildman–Crippen MR) is 109 cm³/mol. The molecular formula is C22H19F2NO5S. The Kier molecular flexibility index (Phi) is 6.98. The van der Waals surface area contributed by atoms with Gasteiger partial charge in [0.15, 0.2) is 0 Å². The topological polar surface area (TPSA) is 81.7 Å². The molecule has 0 bridgehead atoms. The Morgan fingerprint density at radius 3 is 2.16 bits per heavy atom. The summed E-state index contributed by atoms with van der Waals surface area (Å²) in [6, 6.07) is 19.1. The zero-order chi connectivity index (χ0) is 22.4. The van der Waals surface area contributed by atoms with Crippen LogP contribution in [0.15, 0.2) is 83.8 Å². The summed E-state index contributed by atoms with van der Waals surface area (Å²) in [5.41, 5.74) is 1.24. The molecule has 0 spiro atoms. The van der Waals surface area contributed by atoms with Crippen LogP contribution in [0.1, 0.15) is 27.5 Å². The first-order valence-electron chi connectivity index (χ1n) is 9.10. The molecule has 0 aliphatic carbocycles. The summed E-state index contributed by atoms with van der Waals surface area (Å²) in [6.07, 6.45) is 0. The lowest BCUT2D eigenvalue weighted by Crippen LogP contribution is -2.29. The van der Waals surface area contributed by atoms with Crippen LogP contribution >= 0.6 is 0 Å². The van der Waals surface area contributed by atoms with Gasteiger partial charge in [-0.1, -0.05) is 48.5 Å². The van der Waals surface area contributed by atoms with E-state index in [4.69, 9.17) is 0 Å². The van der Waals surface area contributed by atoms with E-state index in [1.165, 1.54) is 55.6 Å². The zero-order valence-electron chi connectivity index (χ0n) is 16.4. The first kappa shape index (κ1) is 22.4. The Balaban J connectivity index is 1.97. The van der Waals surface area contributed by atoms with E-state index in [-0.39, 0.29) is 16.2 Å². The zero-order valence-corrected chi connectivity index (χ0v) is 17.2. The molecule has 0 saturated heterocycles. The lowest BCUT2D eigenvalue weighted by Gasteiger charge is -2.20. The van der Waals surface area contributed by atoms with Gasteiger partial charge in [0, 0.05) is 0 Å². The highest BCUT2D eigenvalue weighted by Gasteiger charge is 2.24. The quantitative estimate of drug-likeness (QED) is 0.525. The normalized spacial score (nSPS) is 12.4.